The van der Waals surface area contributed by atoms with Gasteiger partial charge in [0.1, 0.15) is 6.04 Å². The normalized spacial score (nSPS) is 11.4. The van der Waals surface area contributed by atoms with Crippen LogP contribution in [0.5, 0.6) is 0 Å². The minimum atomic E-state index is -0.972. The van der Waals surface area contributed by atoms with Crippen molar-refractivity contribution in [1.29, 1.82) is 0 Å². The Kier molecular flexibility index (Phi) is 4.90. The molecule has 1 atom stereocenters. The molecular formula is C12H16N4O3. The van der Waals surface area contributed by atoms with Gasteiger partial charge in [-0.15, -0.1) is 0 Å². The van der Waals surface area contributed by atoms with Crippen molar-refractivity contribution in [2.45, 2.75) is 12.5 Å². The van der Waals surface area contributed by atoms with Crippen LogP contribution in [0, 0.1) is 0 Å². The van der Waals surface area contributed by atoms with Gasteiger partial charge in [0.15, 0.2) is 0 Å². The standard InChI is InChI=1S/C11H12N2O2.CH4N2O/c12-9(11(14)15)5-7-6-13-10-4-2-1-3-8(7)10;2-1(3)4/h1-4,6,9,13H,5,12H2,(H,14,15);(H4,2,3,4). The molecule has 102 valence electrons. The number of nitrogens with two attached hydrogens (primary N) is 3. The van der Waals surface area contributed by atoms with Crippen LogP contribution in [0.25, 0.3) is 10.9 Å². The first-order valence-electron chi connectivity index (χ1n) is 5.50. The molecule has 19 heavy (non-hydrogen) atoms. The number of carbonyl (C=O) groups is 2. The van der Waals surface area contributed by atoms with Gasteiger partial charge >= 0.3 is 12.0 Å². The Morgan fingerprint density at radius 3 is 2.42 bits per heavy atom. The summed E-state index contributed by atoms with van der Waals surface area (Å²) in [6.07, 6.45) is 2.16. The Labute approximate surface area is 109 Å². The second kappa shape index (κ2) is 6.41. The van der Waals surface area contributed by atoms with Crippen molar-refractivity contribution < 1.29 is 14.7 Å². The highest BCUT2D eigenvalue weighted by Crippen LogP contribution is 2.18. The second-order valence-electron chi connectivity index (χ2n) is 3.91. The highest BCUT2D eigenvalue weighted by molar-refractivity contribution is 5.84. The predicted octanol–water partition coefficient (Wildman–Crippen LogP) is 0.146. The predicted molar refractivity (Wildman–Crippen MR) is 71.4 cm³/mol. The van der Waals surface area contributed by atoms with Crippen LogP contribution in [0.4, 0.5) is 4.79 Å². The number of nitrogens with one attached hydrogen (secondary N) is 1. The van der Waals surface area contributed by atoms with Gasteiger partial charge in [0.25, 0.3) is 0 Å². The van der Waals surface area contributed by atoms with Crippen LogP contribution < -0.4 is 17.2 Å². The molecule has 2 rings (SSSR count). The largest absolute Gasteiger partial charge is 0.480 e. The van der Waals surface area contributed by atoms with Crippen LogP contribution in [-0.4, -0.2) is 28.1 Å². The van der Waals surface area contributed by atoms with Gasteiger partial charge in [0.2, 0.25) is 0 Å². The van der Waals surface area contributed by atoms with Crippen molar-refractivity contribution in [1.82, 2.24) is 4.98 Å². The number of carboxylic acids is 1. The quantitative estimate of drug-likeness (QED) is 0.536. The highest BCUT2D eigenvalue weighted by atomic mass is 16.4. The summed E-state index contributed by atoms with van der Waals surface area (Å²) in [5.74, 6) is -0.972. The van der Waals surface area contributed by atoms with Gasteiger partial charge in [-0.1, -0.05) is 18.2 Å². The fraction of sp³-hybridized carbons (Fsp3) is 0.167. The molecule has 7 nitrogen and oxygen atoms in total. The van der Waals surface area contributed by atoms with Gasteiger partial charge in [-0.3, -0.25) is 4.79 Å². The minimum absolute atomic E-state index is 0.347. The fourth-order valence-corrected chi connectivity index (χ4v) is 1.62. The first kappa shape index (κ1) is 14.5. The van der Waals surface area contributed by atoms with Crippen molar-refractivity contribution in [3.63, 3.8) is 0 Å². The summed E-state index contributed by atoms with van der Waals surface area (Å²) < 4.78 is 0. The molecule has 0 fully saturated rings. The lowest BCUT2D eigenvalue weighted by Gasteiger charge is -2.04. The van der Waals surface area contributed by atoms with Crippen LogP contribution in [-0.2, 0) is 11.2 Å². The lowest BCUT2D eigenvalue weighted by atomic mass is 10.1. The number of aliphatic carboxylic acids is 1. The highest BCUT2D eigenvalue weighted by Gasteiger charge is 2.14. The Balaban J connectivity index is 0.000000399. The number of H-pyrrole nitrogens is 1. The van der Waals surface area contributed by atoms with E-state index in [1.54, 1.807) is 0 Å². The molecule has 0 saturated carbocycles. The van der Waals surface area contributed by atoms with Crippen LogP contribution >= 0.6 is 0 Å². The summed E-state index contributed by atoms with van der Waals surface area (Å²) >= 11 is 0. The maximum Gasteiger partial charge on any atom is 0.320 e. The molecule has 0 aliphatic carbocycles. The Morgan fingerprint density at radius 1 is 1.26 bits per heavy atom. The minimum Gasteiger partial charge on any atom is -0.480 e. The van der Waals surface area contributed by atoms with E-state index in [0.717, 1.165) is 16.5 Å². The first-order chi connectivity index (χ1) is 8.91. The SMILES string of the molecule is NC(Cc1c[nH]c2ccccc12)C(=O)O.NC(N)=O. The zero-order chi connectivity index (χ0) is 14.4. The third-order valence-electron chi connectivity index (χ3n) is 2.43. The summed E-state index contributed by atoms with van der Waals surface area (Å²) in [5, 5.41) is 9.75. The molecule has 1 aromatic heterocycles. The van der Waals surface area contributed by atoms with Crippen molar-refractivity contribution in [3.8, 4) is 0 Å². The van der Waals surface area contributed by atoms with E-state index in [9.17, 15) is 4.79 Å². The summed E-state index contributed by atoms with van der Waals surface area (Å²) in [4.78, 5) is 22.7. The molecule has 1 unspecified atom stereocenters. The van der Waals surface area contributed by atoms with Crippen molar-refractivity contribution in [3.05, 3.63) is 36.0 Å². The van der Waals surface area contributed by atoms with Crippen molar-refractivity contribution >= 4 is 22.9 Å². The number of fused-ring (bicyclic) bond motifs is 1. The zero-order valence-electron chi connectivity index (χ0n) is 10.2. The summed E-state index contributed by atoms with van der Waals surface area (Å²) in [6.45, 7) is 0. The van der Waals surface area contributed by atoms with Crippen LogP contribution in [0.3, 0.4) is 0 Å². The third kappa shape index (κ3) is 4.32. The number of rotatable bonds is 3. The molecule has 0 bridgehead atoms. The van der Waals surface area contributed by atoms with E-state index < -0.39 is 18.0 Å². The molecule has 8 N–H and O–H groups in total. The van der Waals surface area contributed by atoms with E-state index in [4.69, 9.17) is 15.6 Å². The Bertz CT molecular complexity index is 575. The van der Waals surface area contributed by atoms with Gasteiger partial charge in [0, 0.05) is 23.5 Å². The molecule has 0 aliphatic heterocycles. The van der Waals surface area contributed by atoms with Gasteiger partial charge in [-0.2, -0.15) is 0 Å². The number of urea groups is 1. The molecule has 1 heterocycles. The number of carboxylic acid groups (broad SMARTS) is 1. The number of aromatic amines is 1. The fourth-order valence-electron chi connectivity index (χ4n) is 1.62. The molecule has 0 spiro atoms. The summed E-state index contributed by atoms with van der Waals surface area (Å²) in [6, 6.07) is 6.08. The number of primary amides is 2. The summed E-state index contributed by atoms with van der Waals surface area (Å²) in [5.41, 5.74) is 15.9. The number of carbonyl (C=O) groups excluding carboxylic acids is 1. The van der Waals surface area contributed by atoms with E-state index in [1.807, 2.05) is 30.5 Å². The average molecular weight is 264 g/mol. The van der Waals surface area contributed by atoms with Crippen LogP contribution in [0.1, 0.15) is 5.56 Å². The van der Waals surface area contributed by atoms with Crippen LogP contribution in [0.15, 0.2) is 30.5 Å². The van der Waals surface area contributed by atoms with E-state index >= 15 is 0 Å². The molecule has 1 aromatic carbocycles. The average Bonchev–Trinajstić information content (AvgIpc) is 2.72. The maximum absolute atomic E-state index is 10.6. The van der Waals surface area contributed by atoms with E-state index in [-0.39, 0.29) is 0 Å². The molecule has 2 aromatic rings. The van der Waals surface area contributed by atoms with Gasteiger partial charge in [-0.05, 0) is 11.6 Å². The Hall–Kier alpha value is -2.54. The number of hydrogen-bond donors (Lipinski definition) is 5. The van der Waals surface area contributed by atoms with Crippen molar-refractivity contribution in [2.24, 2.45) is 17.2 Å². The number of hydrogen-bond acceptors (Lipinski definition) is 3. The smallest absolute Gasteiger partial charge is 0.320 e. The van der Waals surface area contributed by atoms with Gasteiger partial charge in [-0.25, -0.2) is 4.79 Å². The first-order valence-corrected chi connectivity index (χ1v) is 5.50. The molecule has 0 aliphatic rings. The molecular weight excluding hydrogens is 248 g/mol. The van der Waals surface area contributed by atoms with E-state index in [0.29, 0.717) is 6.42 Å². The Morgan fingerprint density at radius 2 is 1.84 bits per heavy atom. The van der Waals surface area contributed by atoms with Gasteiger partial charge < -0.3 is 27.3 Å². The molecule has 0 saturated heterocycles. The zero-order valence-corrected chi connectivity index (χ0v) is 10.2. The lowest BCUT2D eigenvalue weighted by molar-refractivity contribution is -0.138. The van der Waals surface area contributed by atoms with E-state index in [2.05, 4.69) is 16.5 Å². The molecule has 2 amide bonds. The van der Waals surface area contributed by atoms with Gasteiger partial charge in [0.05, 0.1) is 0 Å². The molecule has 0 radical (unpaired) electrons. The molecule has 7 heteroatoms. The number of para-hydroxylation sites is 1. The van der Waals surface area contributed by atoms with Crippen molar-refractivity contribution in [2.75, 3.05) is 0 Å². The monoisotopic (exact) mass is 264 g/mol. The lowest BCUT2D eigenvalue weighted by Crippen LogP contribution is -2.32. The topological polar surface area (TPSA) is 148 Å². The van der Waals surface area contributed by atoms with E-state index in [1.165, 1.54) is 0 Å². The second-order valence-corrected chi connectivity index (χ2v) is 3.91. The number of benzene rings is 1. The summed E-state index contributed by atoms with van der Waals surface area (Å²) in [7, 11) is 0. The van der Waals surface area contributed by atoms with Crippen LogP contribution in [0.2, 0.25) is 0 Å². The number of amides is 2. The number of aromatic nitrogens is 1. The maximum atomic E-state index is 10.6. The third-order valence-corrected chi connectivity index (χ3v) is 2.43.